The Labute approximate surface area is 98.7 Å². The number of hydrogen-bond acceptors (Lipinski definition) is 3. The van der Waals surface area contributed by atoms with Gasteiger partial charge in [0.15, 0.2) is 9.84 Å². The Kier molecular flexibility index (Phi) is 3.78. The van der Waals surface area contributed by atoms with Gasteiger partial charge in [-0.1, -0.05) is 22.0 Å². The minimum atomic E-state index is -3.08. The molecule has 84 valence electrons. The molecule has 0 aliphatic heterocycles. The van der Waals surface area contributed by atoms with Crippen LogP contribution in [-0.2, 0) is 15.6 Å². The molecule has 5 heteroatoms. The van der Waals surface area contributed by atoms with E-state index >= 15 is 0 Å². The van der Waals surface area contributed by atoms with E-state index < -0.39 is 9.84 Å². The summed E-state index contributed by atoms with van der Waals surface area (Å²) in [7, 11) is -3.08. The van der Waals surface area contributed by atoms with Crippen molar-refractivity contribution in [3.63, 3.8) is 0 Å². The van der Waals surface area contributed by atoms with Crippen molar-refractivity contribution < 1.29 is 8.42 Å². The van der Waals surface area contributed by atoms with E-state index in [1.807, 2.05) is 0 Å². The first-order valence-corrected chi connectivity index (χ1v) is 7.09. The summed E-state index contributed by atoms with van der Waals surface area (Å²) >= 11 is 3.28. The van der Waals surface area contributed by atoms with Gasteiger partial charge in [0.05, 0.1) is 11.0 Å². The van der Waals surface area contributed by atoms with Crippen LogP contribution >= 0.6 is 15.9 Å². The van der Waals surface area contributed by atoms with E-state index in [-0.39, 0.29) is 11.0 Å². The third-order valence-corrected chi connectivity index (χ3v) is 4.83. The number of nitrogens with two attached hydrogens (primary N) is 1. The number of anilines is 1. The average Bonchev–Trinajstić information content (AvgIpc) is 2.09. The number of rotatable bonds is 3. The van der Waals surface area contributed by atoms with E-state index in [1.165, 1.54) is 0 Å². The fourth-order valence-electron chi connectivity index (χ4n) is 1.08. The molecule has 0 aromatic heterocycles. The second-order valence-corrected chi connectivity index (χ2v) is 7.17. The van der Waals surface area contributed by atoms with Crippen molar-refractivity contribution in [1.82, 2.24) is 0 Å². The minimum absolute atomic E-state index is 0.00375. The first kappa shape index (κ1) is 12.5. The van der Waals surface area contributed by atoms with Crippen LogP contribution in [0.5, 0.6) is 0 Å². The van der Waals surface area contributed by atoms with Crippen LogP contribution in [0.15, 0.2) is 22.7 Å². The first-order chi connectivity index (χ1) is 6.83. The van der Waals surface area contributed by atoms with Crippen LogP contribution in [-0.4, -0.2) is 13.7 Å². The Hall–Kier alpha value is -0.550. The summed E-state index contributed by atoms with van der Waals surface area (Å²) in [6, 6.07) is 5.24. The highest BCUT2D eigenvalue weighted by molar-refractivity contribution is 9.10. The maximum absolute atomic E-state index is 11.7. The molecule has 15 heavy (non-hydrogen) atoms. The summed E-state index contributed by atoms with van der Waals surface area (Å²) < 4.78 is 24.2. The highest BCUT2D eigenvalue weighted by atomic mass is 79.9. The van der Waals surface area contributed by atoms with Gasteiger partial charge in [0, 0.05) is 10.2 Å². The lowest BCUT2D eigenvalue weighted by Gasteiger charge is -2.09. The summed E-state index contributed by atoms with van der Waals surface area (Å²) in [4.78, 5) is 0. The monoisotopic (exact) mass is 291 g/mol. The smallest absolute Gasteiger partial charge is 0.156 e. The molecular formula is C10H14BrNO2S. The standard InChI is InChI=1S/C10H14BrNO2S/c1-7(2)15(13,14)6-8-3-4-9(11)5-10(8)12/h3-5,7H,6,12H2,1-2H3. The summed E-state index contributed by atoms with van der Waals surface area (Å²) in [5.74, 6) is 0.00375. The van der Waals surface area contributed by atoms with Gasteiger partial charge in [-0.3, -0.25) is 0 Å². The van der Waals surface area contributed by atoms with Gasteiger partial charge in [0.1, 0.15) is 0 Å². The molecule has 0 saturated heterocycles. The molecule has 0 aliphatic carbocycles. The third kappa shape index (κ3) is 3.21. The molecule has 0 saturated carbocycles. The zero-order chi connectivity index (χ0) is 11.6. The minimum Gasteiger partial charge on any atom is -0.398 e. The van der Waals surface area contributed by atoms with E-state index in [0.717, 1.165) is 4.47 Å². The molecule has 0 spiro atoms. The Bertz CT molecular complexity index is 454. The maximum atomic E-state index is 11.7. The molecule has 0 unspecified atom stereocenters. The number of sulfone groups is 1. The Morgan fingerprint density at radius 2 is 2.00 bits per heavy atom. The van der Waals surface area contributed by atoms with Crippen molar-refractivity contribution in [1.29, 1.82) is 0 Å². The molecular weight excluding hydrogens is 278 g/mol. The van der Waals surface area contributed by atoms with Crippen LogP contribution in [0, 0.1) is 0 Å². The van der Waals surface area contributed by atoms with Gasteiger partial charge in [-0.15, -0.1) is 0 Å². The highest BCUT2D eigenvalue weighted by Gasteiger charge is 2.17. The van der Waals surface area contributed by atoms with Crippen LogP contribution in [0.25, 0.3) is 0 Å². The predicted octanol–water partition coefficient (Wildman–Crippen LogP) is 2.35. The van der Waals surface area contributed by atoms with Gasteiger partial charge in [0.25, 0.3) is 0 Å². The van der Waals surface area contributed by atoms with E-state index in [0.29, 0.717) is 11.3 Å². The second kappa shape index (κ2) is 4.53. The topological polar surface area (TPSA) is 60.2 Å². The maximum Gasteiger partial charge on any atom is 0.156 e. The molecule has 1 aromatic carbocycles. The van der Waals surface area contributed by atoms with Crippen LogP contribution in [0.4, 0.5) is 5.69 Å². The number of hydrogen-bond donors (Lipinski definition) is 1. The summed E-state index contributed by atoms with van der Waals surface area (Å²) in [6.45, 7) is 3.34. The number of halogens is 1. The fraction of sp³-hybridized carbons (Fsp3) is 0.400. The van der Waals surface area contributed by atoms with Crippen LogP contribution < -0.4 is 5.73 Å². The fourth-order valence-corrected chi connectivity index (χ4v) is 2.49. The predicted molar refractivity (Wildman–Crippen MR) is 66.3 cm³/mol. The molecule has 1 aromatic rings. The molecule has 0 heterocycles. The molecule has 0 aliphatic rings. The lowest BCUT2D eigenvalue weighted by molar-refractivity contribution is 0.586. The zero-order valence-electron chi connectivity index (χ0n) is 8.70. The largest absolute Gasteiger partial charge is 0.398 e. The number of benzene rings is 1. The van der Waals surface area contributed by atoms with Gasteiger partial charge >= 0.3 is 0 Å². The van der Waals surface area contributed by atoms with Gasteiger partial charge in [0.2, 0.25) is 0 Å². The molecule has 0 amide bonds. The molecule has 1 rings (SSSR count). The van der Waals surface area contributed by atoms with Gasteiger partial charge in [-0.25, -0.2) is 8.42 Å². The molecule has 2 N–H and O–H groups in total. The van der Waals surface area contributed by atoms with Crippen molar-refractivity contribution in [2.75, 3.05) is 5.73 Å². The van der Waals surface area contributed by atoms with Crippen molar-refractivity contribution >= 4 is 31.5 Å². The van der Waals surface area contributed by atoms with Crippen LogP contribution in [0.1, 0.15) is 19.4 Å². The van der Waals surface area contributed by atoms with Gasteiger partial charge < -0.3 is 5.73 Å². The van der Waals surface area contributed by atoms with E-state index in [4.69, 9.17) is 5.73 Å². The molecule has 0 radical (unpaired) electrons. The lowest BCUT2D eigenvalue weighted by Crippen LogP contribution is -2.16. The number of nitrogen functional groups attached to an aromatic ring is 1. The van der Waals surface area contributed by atoms with Crippen molar-refractivity contribution in [3.8, 4) is 0 Å². The van der Waals surface area contributed by atoms with E-state index in [2.05, 4.69) is 15.9 Å². The Balaban J connectivity index is 3.01. The summed E-state index contributed by atoms with van der Waals surface area (Å²) in [5.41, 5.74) is 6.90. The molecule has 0 atom stereocenters. The summed E-state index contributed by atoms with van der Waals surface area (Å²) in [5, 5.41) is -0.374. The van der Waals surface area contributed by atoms with Crippen LogP contribution in [0.2, 0.25) is 0 Å². The molecule has 0 fully saturated rings. The second-order valence-electron chi connectivity index (χ2n) is 3.70. The summed E-state index contributed by atoms with van der Waals surface area (Å²) in [6.07, 6.45) is 0. The Morgan fingerprint density at radius 3 is 2.47 bits per heavy atom. The van der Waals surface area contributed by atoms with Crippen molar-refractivity contribution in [2.45, 2.75) is 24.9 Å². The lowest BCUT2D eigenvalue weighted by atomic mass is 10.2. The zero-order valence-corrected chi connectivity index (χ0v) is 11.1. The van der Waals surface area contributed by atoms with Crippen LogP contribution in [0.3, 0.4) is 0 Å². The SMILES string of the molecule is CC(C)S(=O)(=O)Cc1ccc(Br)cc1N. The third-order valence-electron chi connectivity index (χ3n) is 2.18. The quantitative estimate of drug-likeness (QED) is 0.870. The Morgan fingerprint density at radius 1 is 1.40 bits per heavy atom. The molecule has 0 bridgehead atoms. The van der Waals surface area contributed by atoms with Crippen molar-refractivity contribution in [2.24, 2.45) is 0 Å². The van der Waals surface area contributed by atoms with Gasteiger partial charge in [-0.2, -0.15) is 0 Å². The van der Waals surface area contributed by atoms with E-state index in [1.54, 1.807) is 32.0 Å². The normalized spacial score (nSPS) is 12.0. The van der Waals surface area contributed by atoms with Crippen molar-refractivity contribution in [3.05, 3.63) is 28.2 Å². The first-order valence-electron chi connectivity index (χ1n) is 4.58. The molecule has 3 nitrogen and oxygen atoms in total. The van der Waals surface area contributed by atoms with Gasteiger partial charge in [-0.05, 0) is 31.5 Å². The average molecular weight is 292 g/mol. The van der Waals surface area contributed by atoms with E-state index in [9.17, 15) is 8.42 Å². The highest BCUT2D eigenvalue weighted by Crippen LogP contribution is 2.21.